The van der Waals surface area contributed by atoms with Crippen molar-refractivity contribution in [2.45, 2.75) is 19.8 Å². The van der Waals surface area contributed by atoms with E-state index in [2.05, 4.69) is 31.2 Å². The fourth-order valence-electron chi connectivity index (χ4n) is 1.93. The zero-order valence-electron chi connectivity index (χ0n) is 10.4. The van der Waals surface area contributed by atoms with Crippen LogP contribution in [0.15, 0.2) is 54.1 Å². The van der Waals surface area contributed by atoms with Gasteiger partial charge in [0.15, 0.2) is 0 Å². The summed E-state index contributed by atoms with van der Waals surface area (Å²) in [7, 11) is 0. The summed E-state index contributed by atoms with van der Waals surface area (Å²) in [5, 5.41) is 8.72. The number of allylic oxidation sites excluding steroid dienone is 6. The van der Waals surface area contributed by atoms with Gasteiger partial charge in [0, 0.05) is 0 Å². The van der Waals surface area contributed by atoms with Crippen molar-refractivity contribution in [2.24, 2.45) is 0 Å². The van der Waals surface area contributed by atoms with Crippen molar-refractivity contribution in [3.05, 3.63) is 65.3 Å². The summed E-state index contributed by atoms with van der Waals surface area (Å²) in [5.74, 6) is -0.795. The topological polar surface area (TPSA) is 37.3 Å². The van der Waals surface area contributed by atoms with Gasteiger partial charge in [-0.1, -0.05) is 54.1 Å². The zero-order chi connectivity index (χ0) is 13.0. The first-order valence-corrected chi connectivity index (χ1v) is 6.00. The molecule has 0 aromatic heterocycles. The maximum absolute atomic E-state index is 10.6. The van der Waals surface area contributed by atoms with Crippen LogP contribution in [0, 0.1) is 0 Å². The molecule has 0 aliphatic heterocycles. The second-order valence-electron chi connectivity index (χ2n) is 4.50. The largest absolute Gasteiger partial charge is 0.481 e. The van der Waals surface area contributed by atoms with E-state index in [-0.39, 0.29) is 6.42 Å². The number of carboxylic acids is 1. The Morgan fingerprint density at radius 1 is 1.28 bits per heavy atom. The van der Waals surface area contributed by atoms with Gasteiger partial charge in [-0.15, -0.1) is 0 Å². The highest BCUT2D eigenvalue weighted by Gasteiger charge is 2.03. The van der Waals surface area contributed by atoms with Gasteiger partial charge in [0.25, 0.3) is 0 Å². The molecule has 0 saturated heterocycles. The van der Waals surface area contributed by atoms with E-state index in [0.29, 0.717) is 0 Å². The molecule has 1 aromatic rings. The summed E-state index contributed by atoms with van der Waals surface area (Å²) >= 11 is 0. The van der Waals surface area contributed by atoms with E-state index in [1.165, 1.54) is 11.1 Å². The van der Waals surface area contributed by atoms with Crippen molar-refractivity contribution in [1.29, 1.82) is 0 Å². The van der Waals surface area contributed by atoms with Crippen LogP contribution >= 0.6 is 0 Å². The maximum atomic E-state index is 10.6. The van der Waals surface area contributed by atoms with Gasteiger partial charge in [-0.05, 0) is 30.0 Å². The van der Waals surface area contributed by atoms with Crippen molar-refractivity contribution in [2.75, 3.05) is 0 Å². The molecule has 0 spiro atoms. The lowest BCUT2D eigenvalue weighted by molar-refractivity contribution is -0.136. The van der Waals surface area contributed by atoms with Crippen molar-refractivity contribution >= 4 is 11.5 Å². The second-order valence-corrected chi connectivity index (χ2v) is 4.50. The van der Waals surface area contributed by atoms with Crippen molar-refractivity contribution in [3.63, 3.8) is 0 Å². The van der Waals surface area contributed by atoms with Gasteiger partial charge in [0.1, 0.15) is 0 Å². The molecule has 2 rings (SSSR count). The van der Waals surface area contributed by atoms with Gasteiger partial charge in [-0.2, -0.15) is 0 Å². The highest BCUT2D eigenvalue weighted by molar-refractivity contribution is 5.76. The van der Waals surface area contributed by atoms with Crippen molar-refractivity contribution < 1.29 is 9.90 Å². The number of aliphatic carboxylic acids is 1. The smallest absolute Gasteiger partial charge is 0.307 e. The number of carboxylic acid groups (broad SMARTS) is 1. The van der Waals surface area contributed by atoms with Crippen LogP contribution in [0.2, 0.25) is 0 Å². The minimum Gasteiger partial charge on any atom is -0.481 e. The molecule has 0 atom stereocenters. The highest BCUT2D eigenvalue weighted by atomic mass is 16.4. The van der Waals surface area contributed by atoms with Crippen LogP contribution in [-0.2, 0) is 11.2 Å². The average Bonchev–Trinajstić information content (AvgIpc) is 2.54. The minimum atomic E-state index is -0.795. The lowest BCUT2D eigenvalue weighted by Crippen LogP contribution is -1.99. The van der Waals surface area contributed by atoms with Crippen LogP contribution in [0.5, 0.6) is 0 Å². The van der Waals surface area contributed by atoms with Crippen LogP contribution in [0.25, 0.3) is 5.57 Å². The Morgan fingerprint density at radius 2 is 2.00 bits per heavy atom. The third-order valence-corrected chi connectivity index (χ3v) is 2.94. The number of hydrogen-bond donors (Lipinski definition) is 1. The zero-order valence-corrected chi connectivity index (χ0v) is 10.4. The van der Waals surface area contributed by atoms with Gasteiger partial charge < -0.3 is 5.11 Å². The predicted molar refractivity (Wildman–Crippen MR) is 73.3 cm³/mol. The molecule has 0 radical (unpaired) electrons. The Kier molecular flexibility index (Phi) is 3.78. The minimum absolute atomic E-state index is 0.0792. The number of rotatable bonds is 3. The molecule has 1 aliphatic carbocycles. The number of carbonyl (C=O) groups is 1. The van der Waals surface area contributed by atoms with Gasteiger partial charge in [0.05, 0.1) is 6.42 Å². The Hall–Kier alpha value is -2.09. The number of hydrogen-bond acceptors (Lipinski definition) is 1. The van der Waals surface area contributed by atoms with Crippen LogP contribution in [0.1, 0.15) is 24.5 Å². The molecule has 0 heterocycles. The van der Waals surface area contributed by atoms with Gasteiger partial charge in [0.2, 0.25) is 0 Å². The van der Waals surface area contributed by atoms with Crippen LogP contribution < -0.4 is 0 Å². The van der Waals surface area contributed by atoms with E-state index >= 15 is 0 Å². The summed E-state index contributed by atoms with van der Waals surface area (Å²) in [5.41, 5.74) is 4.48. The van der Waals surface area contributed by atoms with Crippen LogP contribution in [0.4, 0.5) is 0 Å². The van der Waals surface area contributed by atoms with E-state index in [1.807, 2.05) is 24.3 Å². The summed E-state index contributed by atoms with van der Waals surface area (Å²) in [6.45, 7) is 2.11. The molecule has 0 saturated carbocycles. The lowest BCUT2D eigenvalue weighted by atomic mass is 10.0. The first-order chi connectivity index (χ1) is 8.65. The third kappa shape index (κ3) is 3.20. The van der Waals surface area contributed by atoms with Crippen molar-refractivity contribution in [3.8, 4) is 0 Å². The molecule has 1 N–H and O–H groups in total. The third-order valence-electron chi connectivity index (χ3n) is 2.94. The first kappa shape index (κ1) is 12.4. The van der Waals surface area contributed by atoms with Crippen molar-refractivity contribution in [1.82, 2.24) is 0 Å². The standard InChI is InChI=1S/C16H16O2/c1-12-3-2-4-14(8-5-12)15-9-6-13(7-10-15)11-16(17)18/h2-4,6-10H,5,11H2,1H3,(H,17,18). The van der Waals surface area contributed by atoms with Gasteiger partial charge in [-0.3, -0.25) is 4.79 Å². The highest BCUT2D eigenvalue weighted by Crippen LogP contribution is 2.21. The summed E-state index contributed by atoms with van der Waals surface area (Å²) in [4.78, 5) is 10.6. The van der Waals surface area contributed by atoms with E-state index in [4.69, 9.17) is 5.11 Å². The summed E-state index contributed by atoms with van der Waals surface area (Å²) in [6.07, 6.45) is 9.49. The Bertz CT molecular complexity index is 531. The van der Waals surface area contributed by atoms with E-state index < -0.39 is 5.97 Å². The fraction of sp³-hybridized carbons (Fsp3) is 0.188. The molecule has 1 aliphatic rings. The average molecular weight is 240 g/mol. The molecule has 2 nitrogen and oxygen atoms in total. The molecule has 0 unspecified atom stereocenters. The molecule has 18 heavy (non-hydrogen) atoms. The SMILES string of the molecule is CC1=CC=CC(c2ccc(CC(=O)O)cc2)=CC1. The quantitative estimate of drug-likeness (QED) is 0.876. The van der Waals surface area contributed by atoms with Gasteiger partial charge in [-0.25, -0.2) is 0 Å². The molecule has 0 amide bonds. The normalized spacial score (nSPS) is 14.7. The predicted octanol–water partition coefficient (Wildman–Crippen LogP) is 3.60. The second kappa shape index (κ2) is 5.50. The molecule has 0 bridgehead atoms. The molecular weight excluding hydrogens is 224 g/mol. The first-order valence-electron chi connectivity index (χ1n) is 6.00. The summed E-state index contributed by atoms with van der Waals surface area (Å²) < 4.78 is 0. The van der Waals surface area contributed by atoms with Crippen LogP contribution in [-0.4, -0.2) is 11.1 Å². The molecular formula is C16H16O2. The fourth-order valence-corrected chi connectivity index (χ4v) is 1.93. The Labute approximate surface area is 107 Å². The van der Waals surface area contributed by atoms with E-state index in [0.717, 1.165) is 17.5 Å². The number of benzene rings is 1. The monoisotopic (exact) mass is 240 g/mol. The van der Waals surface area contributed by atoms with E-state index in [9.17, 15) is 4.79 Å². The lowest BCUT2D eigenvalue weighted by Gasteiger charge is -2.04. The molecule has 92 valence electrons. The maximum Gasteiger partial charge on any atom is 0.307 e. The molecule has 0 fully saturated rings. The summed E-state index contributed by atoms with van der Waals surface area (Å²) in [6, 6.07) is 7.72. The van der Waals surface area contributed by atoms with Crippen LogP contribution in [0.3, 0.4) is 0 Å². The van der Waals surface area contributed by atoms with Gasteiger partial charge >= 0.3 is 5.97 Å². The molecule has 2 heteroatoms. The van der Waals surface area contributed by atoms with E-state index in [1.54, 1.807) is 0 Å². The Morgan fingerprint density at radius 3 is 2.67 bits per heavy atom. The molecule has 1 aromatic carbocycles. The Balaban J connectivity index is 2.17.